The van der Waals surface area contributed by atoms with E-state index in [1.165, 1.54) is 12.5 Å². The third-order valence-corrected chi connectivity index (χ3v) is 6.15. The van der Waals surface area contributed by atoms with Gasteiger partial charge in [0.25, 0.3) is 0 Å². The Morgan fingerprint density at radius 1 is 1.25 bits per heavy atom. The second kappa shape index (κ2) is 11.6. The van der Waals surface area contributed by atoms with Crippen LogP contribution in [0.5, 0.6) is 0 Å². The minimum atomic E-state index is -0.594. The number of likely N-dealkylation sites (tertiary alicyclic amines) is 1. The maximum Gasteiger partial charge on any atom is 0.323 e. The highest BCUT2D eigenvalue weighted by atomic mass is 16.6. The summed E-state index contributed by atoms with van der Waals surface area (Å²) in [7, 11) is 0. The first-order valence-electron chi connectivity index (χ1n) is 11.8. The number of carbonyl (C=O) groups is 3. The number of nitrogens with zero attached hydrogens (tertiary/aromatic N) is 1. The number of rotatable bonds is 10. The first kappa shape index (κ1) is 26.0. The molecule has 1 N–H and O–H groups in total. The summed E-state index contributed by atoms with van der Waals surface area (Å²) in [5.74, 6) is -0.418. The lowest BCUT2D eigenvalue weighted by atomic mass is 9.83. The molecule has 2 rings (SSSR count). The Morgan fingerprint density at radius 2 is 1.91 bits per heavy atom. The summed E-state index contributed by atoms with van der Waals surface area (Å²) in [6.45, 7) is 11.8. The van der Waals surface area contributed by atoms with E-state index in [9.17, 15) is 14.4 Å². The first-order valence-corrected chi connectivity index (χ1v) is 11.8. The number of amides is 1. The standard InChI is InChI=1S/C26H40N2O4/c1-7-11-22(18(2)27-19(3)30)23(14-20-12-9-8-10-13-20)28-16-21(17-29)15-24(28)25(31)32-26(4,5)6/h8-10,12-13,17-18,21-24H,7,11,14-16H2,1-6H3,(H,27,30)/t18?,21?,22-,23-,24?/m0/s1. The predicted molar refractivity (Wildman–Crippen MR) is 126 cm³/mol. The van der Waals surface area contributed by atoms with Gasteiger partial charge >= 0.3 is 5.97 Å². The van der Waals surface area contributed by atoms with Gasteiger partial charge in [0.2, 0.25) is 5.91 Å². The van der Waals surface area contributed by atoms with Crippen molar-refractivity contribution in [3.8, 4) is 0 Å². The maximum absolute atomic E-state index is 13.2. The van der Waals surface area contributed by atoms with Crippen LogP contribution in [0.2, 0.25) is 0 Å². The van der Waals surface area contributed by atoms with Crippen molar-refractivity contribution in [2.24, 2.45) is 11.8 Å². The lowest BCUT2D eigenvalue weighted by Gasteiger charge is -2.41. The Kier molecular flexibility index (Phi) is 9.44. The smallest absolute Gasteiger partial charge is 0.323 e. The third kappa shape index (κ3) is 7.44. The van der Waals surface area contributed by atoms with Gasteiger partial charge < -0.3 is 14.8 Å². The van der Waals surface area contributed by atoms with E-state index in [1.54, 1.807) is 0 Å². The van der Waals surface area contributed by atoms with Crippen molar-refractivity contribution in [3.63, 3.8) is 0 Å². The van der Waals surface area contributed by atoms with Gasteiger partial charge in [0, 0.05) is 31.5 Å². The summed E-state index contributed by atoms with van der Waals surface area (Å²) in [4.78, 5) is 38.9. The van der Waals surface area contributed by atoms with Crippen LogP contribution in [0.1, 0.15) is 66.4 Å². The highest BCUT2D eigenvalue weighted by Crippen LogP contribution is 2.33. The normalized spacial score (nSPS) is 22.1. The molecule has 1 fully saturated rings. The SMILES string of the molecule is CCC[C@@H](C(C)NC(C)=O)[C@H](Cc1ccccc1)N1CC(C=O)CC1C(=O)OC(C)(C)C. The van der Waals surface area contributed by atoms with Crippen molar-refractivity contribution < 1.29 is 19.1 Å². The molecule has 0 bridgehead atoms. The molecule has 1 aromatic rings. The minimum Gasteiger partial charge on any atom is -0.459 e. The second-order valence-electron chi connectivity index (χ2n) is 10.1. The maximum atomic E-state index is 13.2. The summed E-state index contributed by atoms with van der Waals surface area (Å²) < 4.78 is 5.74. The van der Waals surface area contributed by atoms with E-state index in [4.69, 9.17) is 4.74 Å². The summed E-state index contributed by atoms with van der Waals surface area (Å²) in [6, 6.07) is 9.66. The first-order chi connectivity index (χ1) is 15.1. The van der Waals surface area contributed by atoms with Crippen molar-refractivity contribution in [3.05, 3.63) is 35.9 Å². The molecule has 178 valence electrons. The number of benzene rings is 1. The summed E-state index contributed by atoms with van der Waals surface area (Å²) >= 11 is 0. The molecule has 6 nitrogen and oxygen atoms in total. The average Bonchev–Trinajstić information content (AvgIpc) is 3.14. The number of hydrogen-bond donors (Lipinski definition) is 1. The van der Waals surface area contributed by atoms with Crippen LogP contribution in [-0.4, -0.2) is 53.3 Å². The van der Waals surface area contributed by atoms with E-state index in [2.05, 4.69) is 29.3 Å². The molecule has 1 aromatic carbocycles. The van der Waals surface area contributed by atoms with Crippen molar-refractivity contribution in [1.82, 2.24) is 10.2 Å². The van der Waals surface area contributed by atoms with Gasteiger partial charge in [-0.3, -0.25) is 14.5 Å². The summed E-state index contributed by atoms with van der Waals surface area (Å²) in [5.41, 5.74) is 0.578. The Hall–Kier alpha value is -2.21. The predicted octanol–water partition coefficient (Wildman–Crippen LogP) is 3.77. The van der Waals surface area contributed by atoms with Gasteiger partial charge in [-0.1, -0.05) is 43.7 Å². The van der Waals surface area contributed by atoms with Crippen molar-refractivity contribution in [2.75, 3.05) is 6.54 Å². The lowest BCUT2D eigenvalue weighted by Crippen LogP contribution is -2.54. The molecule has 1 amide bonds. The van der Waals surface area contributed by atoms with Crippen LogP contribution >= 0.6 is 0 Å². The topological polar surface area (TPSA) is 75.7 Å². The Labute approximate surface area is 193 Å². The number of ether oxygens (including phenoxy) is 1. The molecule has 1 aliphatic rings. The highest BCUT2D eigenvalue weighted by Gasteiger charge is 2.45. The van der Waals surface area contributed by atoms with E-state index in [1.807, 2.05) is 45.9 Å². The van der Waals surface area contributed by atoms with E-state index >= 15 is 0 Å². The van der Waals surface area contributed by atoms with Gasteiger partial charge in [-0.15, -0.1) is 0 Å². The van der Waals surface area contributed by atoms with Crippen LogP contribution in [0, 0.1) is 11.8 Å². The highest BCUT2D eigenvalue weighted by molar-refractivity contribution is 5.78. The number of hydrogen-bond acceptors (Lipinski definition) is 5. The summed E-state index contributed by atoms with van der Waals surface area (Å²) in [6.07, 6.45) is 4.03. The lowest BCUT2D eigenvalue weighted by molar-refractivity contribution is -0.161. The fourth-order valence-electron chi connectivity index (χ4n) is 4.87. The van der Waals surface area contributed by atoms with Crippen LogP contribution in [0.4, 0.5) is 0 Å². The Bertz CT molecular complexity index is 759. The molecule has 5 atom stereocenters. The van der Waals surface area contributed by atoms with Crippen molar-refractivity contribution in [2.45, 2.75) is 91.0 Å². The molecule has 1 saturated heterocycles. The molecule has 0 aromatic heterocycles. The van der Waals surface area contributed by atoms with Crippen molar-refractivity contribution in [1.29, 1.82) is 0 Å². The molecule has 0 saturated carbocycles. The van der Waals surface area contributed by atoms with E-state index in [-0.39, 0.29) is 35.8 Å². The zero-order valence-corrected chi connectivity index (χ0v) is 20.5. The zero-order valence-electron chi connectivity index (χ0n) is 20.5. The van der Waals surface area contributed by atoms with Crippen LogP contribution in [-0.2, 0) is 25.5 Å². The van der Waals surface area contributed by atoms with Gasteiger partial charge in [-0.2, -0.15) is 0 Å². The van der Waals surface area contributed by atoms with Crippen LogP contribution in [0.3, 0.4) is 0 Å². The minimum absolute atomic E-state index is 0.0123. The van der Waals surface area contributed by atoms with E-state index in [0.29, 0.717) is 13.0 Å². The quantitative estimate of drug-likeness (QED) is 0.439. The molecule has 1 heterocycles. The fraction of sp³-hybridized carbons (Fsp3) is 0.654. The molecule has 0 radical (unpaired) electrons. The largest absolute Gasteiger partial charge is 0.459 e. The molecule has 0 spiro atoms. The molecular weight excluding hydrogens is 404 g/mol. The number of aldehydes is 1. The number of nitrogens with one attached hydrogen (secondary N) is 1. The Balaban J connectivity index is 2.44. The monoisotopic (exact) mass is 444 g/mol. The van der Waals surface area contributed by atoms with Gasteiger partial charge in [-0.05, 0) is 58.4 Å². The van der Waals surface area contributed by atoms with Gasteiger partial charge in [0.1, 0.15) is 17.9 Å². The fourth-order valence-corrected chi connectivity index (χ4v) is 4.87. The zero-order chi connectivity index (χ0) is 23.9. The molecule has 1 aliphatic heterocycles. The van der Waals surface area contributed by atoms with Gasteiger partial charge in [-0.25, -0.2) is 0 Å². The second-order valence-corrected chi connectivity index (χ2v) is 10.1. The molecule has 0 aliphatic carbocycles. The average molecular weight is 445 g/mol. The van der Waals surface area contributed by atoms with E-state index < -0.39 is 11.6 Å². The van der Waals surface area contributed by atoms with Crippen LogP contribution < -0.4 is 5.32 Å². The Morgan fingerprint density at radius 3 is 2.44 bits per heavy atom. The van der Waals surface area contributed by atoms with Gasteiger partial charge in [0.05, 0.1) is 0 Å². The molecule has 32 heavy (non-hydrogen) atoms. The third-order valence-electron chi connectivity index (χ3n) is 6.15. The molecule has 3 unspecified atom stereocenters. The van der Waals surface area contributed by atoms with Crippen LogP contribution in [0.15, 0.2) is 30.3 Å². The number of esters is 1. The van der Waals surface area contributed by atoms with Crippen LogP contribution in [0.25, 0.3) is 0 Å². The summed E-state index contributed by atoms with van der Waals surface area (Å²) in [5, 5.41) is 3.07. The number of carbonyl (C=O) groups excluding carboxylic acids is 3. The van der Waals surface area contributed by atoms with Gasteiger partial charge in [0.15, 0.2) is 0 Å². The molecular formula is C26H40N2O4. The van der Waals surface area contributed by atoms with Crippen molar-refractivity contribution >= 4 is 18.2 Å². The molecule has 6 heteroatoms. The van der Waals surface area contributed by atoms with E-state index in [0.717, 1.165) is 25.5 Å².